The third-order valence-corrected chi connectivity index (χ3v) is 3.25. The van der Waals surface area contributed by atoms with Crippen molar-refractivity contribution in [2.75, 3.05) is 6.54 Å². The van der Waals surface area contributed by atoms with E-state index in [1.54, 1.807) is 0 Å². The van der Waals surface area contributed by atoms with E-state index in [4.69, 9.17) is 0 Å². The average molecular weight is 183 g/mol. The molecule has 1 heteroatoms. The molecule has 0 aromatic carbocycles. The molecule has 1 saturated carbocycles. The Bertz CT molecular complexity index is 133. The summed E-state index contributed by atoms with van der Waals surface area (Å²) < 4.78 is 0. The molecule has 1 nitrogen and oxygen atoms in total. The van der Waals surface area contributed by atoms with Gasteiger partial charge in [0.2, 0.25) is 0 Å². The zero-order valence-electron chi connectivity index (χ0n) is 9.47. The molecule has 1 aliphatic carbocycles. The van der Waals surface area contributed by atoms with E-state index in [2.05, 4.69) is 26.1 Å². The number of unbranched alkanes of at least 4 members (excludes halogenated alkanes) is 2. The topological polar surface area (TPSA) is 12.0 Å². The Morgan fingerprint density at radius 2 is 2.08 bits per heavy atom. The first kappa shape index (κ1) is 11.0. The Kier molecular flexibility index (Phi) is 4.79. The molecule has 0 aliphatic heterocycles. The summed E-state index contributed by atoms with van der Waals surface area (Å²) in [5, 5.41) is 3.63. The molecule has 13 heavy (non-hydrogen) atoms. The number of nitrogens with one attached hydrogen (secondary N) is 1. The molecular weight excluding hydrogens is 158 g/mol. The standard InChI is InChI=1S/C12H25N/c1-4-5-6-7-11(3)13-9-12-8-10(12)2/h10-13H,4-9H2,1-3H3. The number of rotatable bonds is 7. The molecule has 1 N–H and O–H groups in total. The van der Waals surface area contributed by atoms with Gasteiger partial charge in [-0.15, -0.1) is 0 Å². The maximum Gasteiger partial charge on any atom is 0.00388 e. The molecule has 0 heterocycles. The third-order valence-electron chi connectivity index (χ3n) is 3.25. The summed E-state index contributed by atoms with van der Waals surface area (Å²) in [5.74, 6) is 1.99. The average Bonchev–Trinajstić information content (AvgIpc) is 2.79. The normalized spacial score (nSPS) is 28.8. The fourth-order valence-electron chi connectivity index (χ4n) is 1.84. The second-order valence-corrected chi connectivity index (χ2v) is 4.78. The smallest absolute Gasteiger partial charge is 0.00388 e. The van der Waals surface area contributed by atoms with Crippen LogP contribution in [0, 0.1) is 11.8 Å². The summed E-state index contributed by atoms with van der Waals surface area (Å²) in [4.78, 5) is 0. The molecular formula is C12H25N. The van der Waals surface area contributed by atoms with E-state index in [9.17, 15) is 0 Å². The van der Waals surface area contributed by atoms with Crippen molar-refractivity contribution in [1.82, 2.24) is 5.32 Å². The first-order chi connectivity index (χ1) is 6.24. The van der Waals surface area contributed by atoms with Crippen LogP contribution in [0.15, 0.2) is 0 Å². The highest BCUT2D eigenvalue weighted by Gasteiger charge is 2.31. The van der Waals surface area contributed by atoms with Gasteiger partial charge in [0.15, 0.2) is 0 Å². The number of hydrogen-bond acceptors (Lipinski definition) is 1. The third kappa shape index (κ3) is 4.66. The predicted octanol–water partition coefficient (Wildman–Crippen LogP) is 3.20. The second-order valence-electron chi connectivity index (χ2n) is 4.78. The largest absolute Gasteiger partial charge is 0.314 e. The predicted molar refractivity (Wildman–Crippen MR) is 58.9 cm³/mol. The molecule has 0 bridgehead atoms. The molecule has 0 spiro atoms. The lowest BCUT2D eigenvalue weighted by atomic mass is 10.1. The molecule has 1 aliphatic rings. The van der Waals surface area contributed by atoms with Crippen LogP contribution in [0.4, 0.5) is 0 Å². The van der Waals surface area contributed by atoms with Gasteiger partial charge in [-0.3, -0.25) is 0 Å². The fourth-order valence-corrected chi connectivity index (χ4v) is 1.84. The first-order valence-corrected chi connectivity index (χ1v) is 5.97. The second kappa shape index (κ2) is 5.64. The molecule has 78 valence electrons. The highest BCUT2D eigenvalue weighted by Crippen LogP contribution is 2.36. The van der Waals surface area contributed by atoms with Crippen molar-refractivity contribution in [2.24, 2.45) is 11.8 Å². The maximum absolute atomic E-state index is 3.63. The van der Waals surface area contributed by atoms with Gasteiger partial charge in [0, 0.05) is 6.04 Å². The van der Waals surface area contributed by atoms with Crippen LogP contribution in [-0.4, -0.2) is 12.6 Å². The molecule has 3 unspecified atom stereocenters. The van der Waals surface area contributed by atoms with Crippen LogP contribution < -0.4 is 5.32 Å². The van der Waals surface area contributed by atoms with Gasteiger partial charge < -0.3 is 5.32 Å². The lowest BCUT2D eigenvalue weighted by Crippen LogP contribution is -2.28. The van der Waals surface area contributed by atoms with E-state index in [0.29, 0.717) is 0 Å². The highest BCUT2D eigenvalue weighted by molar-refractivity contribution is 4.84. The van der Waals surface area contributed by atoms with Crippen molar-refractivity contribution in [1.29, 1.82) is 0 Å². The minimum Gasteiger partial charge on any atom is -0.314 e. The van der Waals surface area contributed by atoms with E-state index < -0.39 is 0 Å². The SMILES string of the molecule is CCCCCC(C)NCC1CC1C. The van der Waals surface area contributed by atoms with Crippen molar-refractivity contribution >= 4 is 0 Å². The van der Waals surface area contributed by atoms with Gasteiger partial charge in [-0.25, -0.2) is 0 Å². The minimum absolute atomic E-state index is 0.736. The van der Waals surface area contributed by atoms with E-state index in [-0.39, 0.29) is 0 Å². The summed E-state index contributed by atoms with van der Waals surface area (Å²) in [6.45, 7) is 8.20. The zero-order chi connectivity index (χ0) is 9.68. The van der Waals surface area contributed by atoms with Gasteiger partial charge >= 0.3 is 0 Å². The van der Waals surface area contributed by atoms with Crippen molar-refractivity contribution in [2.45, 2.75) is 58.9 Å². The molecule has 0 aromatic heterocycles. The van der Waals surface area contributed by atoms with Crippen LogP contribution in [-0.2, 0) is 0 Å². The Hall–Kier alpha value is -0.0400. The van der Waals surface area contributed by atoms with E-state index in [1.807, 2.05) is 0 Å². The van der Waals surface area contributed by atoms with Crippen LogP contribution >= 0.6 is 0 Å². The van der Waals surface area contributed by atoms with Gasteiger partial charge in [0.1, 0.15) is 0 Å². The van der Waals surface area contributed by atoms with E-state index in [1.165, 1.54) is 38.6 Å². The number of hydrogen-bond donors (Lipinski definition) is 1. The Labute approximate surface area is 83.3 Å². The lowest BCUT2D eigenvalue weighted by Gasteiger charge is -2.12. The summed E-state index contributed by atoms with van der Waals surface area (Å²) in [7, 11) is 0. The van der Waals surface area contributed by atoms with Crippen LogP contribution in [0.25, 0.3) is 0 Å². The van der Waals surface area contributed by atoms with E-state index in [0.717, 1.165) is 17.9 Å². The Balaban J connectivity index is 1.88. The van der Waals surface area contributed by atoms with Gasteiger partial charge in [-0.05, 0) is 38.1 Å². The Morgan fingerprint density at radius 1 is 1.38 bits per heavy atom. The molecule has 0 aromatic rings. The quantitative estimate of drug-likeness (QED) is 0.598. The van der Waals surface area contributed by atoms with Gasteiger partial charge in [-0.1, -0.05) is 33.1 Å². The van der Waals surface area contributed by atoms with Crippen molar-refractivity contribution in [3.63, 3.8) is 0 Å². The van der Waals surface area contributed by atoms with Crippen LogP contribution in [0.1, 0.15) is 52.9 Å². The van der Waals surface area contributed by atoms with Crippen LogP contribution in [0.2, 0.25) is 0 Å². The zero-order valence-corrected chi connectivity index (χ0v) is 9.47. The molecule has 0 saturated heterocycles. The Morgan fingerprint density at radius 3 is 2.62 bits per heavy atom. The van der Waals surface area contributed by atoms with Gasteiger partial charge in [0.25, 0.3) is 0 Å². The van der Waals surface area contributed by atoms with Crippen molar-refractivity contribution in [3.8, 4) is 0 Å². The van der Waals surface area contributed by atoms with Crippen molar-refractivity contribution in [3.05, 3.63) is 0 Å². The summed E-state index contributed by atoms with van der Waals surface area (Å²) in [5.41, 5.74) is 0. The summed E-state index contributed by atoms with van der Waals surface area (Å²) in [6.07, 6.45) is 6.94. The van der Waals surface area contributed by atoms with Crippen LogP contribution in [0.5, 0.6) is 0 Å². The van der Waals surface area contributed by atoms with Gasteiger partial charge in [-0.2, -0.15) is 0 Å². The molecule has 3 atom stereocenters. The van der Waals surface area contributed by atoms with E-state index >= 15 is 0 Å². The molecule has 1 rings (SSSR count). The summed E-state index contributed by atoms with van der Waals surface area (Å²) >= 11 is 0. The van der Waals surface area contributed by atoms with Gasteiger partial charge in [0.05, 0.1) is 0 Å². The maximum atomic E-state index is 3.63. The van der Waals surface area contributed by atoms with Crippen molar-refractivity contribution < 1.29 is 0 Å². The minimum atomic E-state index is 0.736. The summed E-state index contributed by atoms with van der Waals surface area (Å²) in [6, 6.07) is 0.736. The lowest BCUT2D eigenvalue weighted by molar-refractivity contribution is 0.470. The highest BCUT2D eigenvalue weighted by atomic mass is 14.9. The fraction of sp³-hybridized carbons (Fsp3) is 1.00. The first-order valence-electron chi connectivity index (χ1n) is 5.97. The molecule has 1 fully saturated rings. The van der Waals surface area contributed by atoms with Crippen LogP contribution in [0.3, 0.4) is 0 Å². The molecule has 0 radical (unpaired) electrons. The molecule has 0 amide bonds. The monoisotopic (exact) mass is 183 g/mol.